The number of para-hydroxylation sites is 1. The second kappa shape index (κ2) is 7.54. The van der Waals surface area contributed by atoms with Gasteiger partial charge in [-0.05, 0) is 51.1 Å². The maximum atomic E-state index is 6.31. The lowest BCUT2D eigenvalue weighted by Gasteiger charge is -2.25. The van der Waals surface area contributed by atoms with E-state index >= 15 is 0 Å². The molecule has 1 N–H and O–H groups in total. The van der Waals surface area contributed by atoms with E-state index < -0.39 is 0 Å². The third kappa shape index (κ3) is 4.24. The van der Waals surface area contributed by atoms with Gasteiger partial charge in [-0.15, -0.1) is 0 Å². The normalized spacial score (nSPS) is 16.5. The van der Waals surface area contributed by atoms with Crippen molar-refractivity contribution in [2.75, 3.05) is 6.54 Å². The number of nitrogens with one attached hydrogen (secondary N) is 1. The van der Waals surface area contributed by atoms with Crippen LogP contribution in [-0.2, 0) is 6.54 Å². The number of rotatable bonds is 6. The smallest absolute Gasteiger partial charge is 0.127 e. The van der Waals surface area contributed by atoms with Crippen LogP contribution in [-0.4, -0.2) is 12.6 Å². The lowest BCUT2D eigenvalue weighted by atomic mass is 9.97. The first-order chi connectivity index (χ1) is 9.31. The van der Waals surface area contributed by atoms with Crippen LogP contribution in [0.15, 0.2) is 18.2 Å². The average molecular weight is 261 g/mol. The van der Waals surface area contributed by atoms with Gasteiger partial charge in [-0.2, -0.15) is 0 Å². The van der Waals surface area contributed by atoms with Crippen molar-refractivity contribution in [3.05, 3.63) is 29.3 Å². The first kappa shape index (κ1) is 14.4. The van der Waals surface area contributed by atoms with E-state index in [-0.39, 0.29) is 0 Å². The molecule has 0 amide bonds. The van der Waals surface area contributed by atoms with Crippen LogP contribution < -0.4 is 10.1 Å². The number of ether oxygens (including phenoxy) is 1. The van der Waals surface area contributed by atoms with Crippen molar-refractivity contribution >= 4 is 0 Å². The summed E-state index contributed by atoms with van der Waals surface area (Å²) in [5.41, 5.74) is 2.57. The third-order valence-corrected chi connectivity index (χ3v) is 3.87. The molecule has 2 nitrogen and oxygen atoms in total. The van der Waals surface area contributed by atoms with Crippen molar-refractivity contribution in [2.24, 2.45) is 0 Å². The first-order valence-electron chi connectivity index (χ1n) is 7.77. The summed E-state index contributed by atoms with van der Waals surface area (Å²) in [6, 6.07) is 6.47. The van der Waals surface area contributed by atoms with Crippen molar-refractivity contribution in [3.63, 3.8) is 0 Å². The molecule has 1 aliphatic rings. The van der Waals surface area contributed by atoms with Crippen LogP contribution in [0.1, 0.15) is 56.6 Å². The van der Waals surface area contributed by atoms with E-state index in [2.05, 4.69) is 37.4 Å². The minimum atomic E-state index is 0.430. The van der Waals surface area contributed by atoms with E-state index in [1.165, 1.54) is 49.7 Å². The molecule has 0 saturated heterocycles. The fourth-order valence-corrected chi connectivity index (χ4v) is 2.77. The molecule has 2 heteroatoms. The van der Waals surface area contributed by atoms with Crippen LogP contribution in [0.4, 0.5) is 0 Å². The molecule has 1 aliphatic carbocycles. The lowest BCUT2D eigenvalue weighted by molar-refractivity contribution is 0.152. The molecule has 1 fully saturated rings. The van der Waals surface area contributed by atoms with Gasteiger partial charge in [-0.1, -0.05) is 31.5 Å². The lowest BCUT2D eigenvalue weighted by Crippen LogP contribution is -2.22. The fraction of sp³-hybridized carbons (Fsp3) is 0.647. The summed E-state index contributed by atoms with van der Waals surface area (Å²) >= 11 is 0. The fourth-order valence-electron chi connectivity index (χ4n) is 2.77. The highest BCUT2D eigenvalue weighted by Crippen LogP contribution is 2.28. The van der Waals surface area contributed by atoms with Crippen molar-refractivity contribution in [1.29, 1.82) is 0 Å². The van der Waals surface area contributed by atoms with E-state index in [1.54, 1.807) is 0 Å². The van der Waals surface area contributed by atoms with Gasteiger partial charge in [0.1, 0.15) is 5.75 Å². The molecule has 106 valence electrons. The van der Waals surface area contributed by atoms with E-state index in [1.807, 2.05) is 0 Å². The molecule has 0 spiro atoms. The van der Waals surface area contributed by atoms with Crippen LogP contribution in [0, 0.1) is 6.92 Å². The maximum absolute atomic E-state index is 6.31. The zero-order valence-electron chi connectivity index (χ0n) is 12.4. The first-order valence-corrected chi connectivity index (χ1v) is 7.77. The van der Waals surface area contributed by atoms with Gasteiger partial charge in [0.15, 0.2) is 0 Å². The van der Waals surface area contributed by atoms with Gasteiger partial charge >= 0.3 is 0 Å². The number of hydrogen-bond acceptors (Lipinski definition) is 2. The molecule has 0 atom stereocenters. The maximum Gasteiger partial charge on any atom is 0.127 e. The van der Waals surface area contributed by atoms with Crippen molar-refractivity contribution in [1.82, 2.24) is 5.32 Å². The SMILES string of the molecule is CCCNCc1cccc(C)c1OC1CCCCC1. The predicted octanol–water partition coefficient (Wildman–Crippen LogP) is 4.21. The second-order valence-corrected chi connectivity index (χ2v) is 5.62. The quantitative estimate of drug-likeness (QED) is 0.775. The minimum Gasteiger partial charge on any atom is -0.490 e. The largest absolute Gasteiger partial charge is 0.490 e. The summed E-state index contributed by atoms with van der Waals surface area (Å²) in [5, 5.41) is 3.48. The Morgan fingerprint density at radius 1 is 1.21 bits per heavy atom. The van der Waals surface area contributed by atoms with Crippen molar-refractivity contribution in [2.45, 2.75) is 65.0 Å². The Morgan fingerprint density at radius 2 is 2.00 bits per heavy atom. The van der Waals surface area contributed by atoms with Crippen LogP contribution in [0.25, 0.3) is 0 Å². The molecule has 0 heterocycles. The molecule has 2 rings (SSSR count). The molecule has 1 aromatic rings. The van der Waals surface area contributed by atoms with Gasteiger partial charge in [0.05, 0.1) is 6.10 Å². The summed E-state index contributed by atoms with van der Waals surface area (Å²) in [7, 11) is 0. The molecule has 0 unspecified atom stereocenters. The molecule has 1 aromatic carbocycles. The number of benzene rings is 1. The van der Waals surface area contributed by atoms with Crippen LogP contribution in [0.5, 0.6) is 5.75 Å². The summed E-state index contributed by atoms with van der Waals surface area (Å²) in [6.07, 6.45) is 8.05. The van der Waals surface area contributed by atoms with Gasteiger partial charge in [-0.25, -0.2) is 0 Å². The molecular weight excluding hydrogens is 234 g/mol. The Balaban J connectivity index is 2.03. The minimum absolute atomic E-state index is 0.430. The van der Waals surface area contributed by atoms with E-state index in [4.69, 9.17) is 4.74 Å². The summed E-state index contributed by atoms with van der Waals surface area (Å²) in [4.78, 5) is 0. The average Bonchev–Trinajstić information content (AvgIpc) is 2.44. The molecule has 0 aliphatic heterocycles. The monoisotopic (exact) mass is 261 g/mol. The Bertz CT molecular complexity index is 383. The third-order valence-electron chi connectivity index (χ3n) is 3.87. The second-order valence-electron chi connectivity index (χ2n) is 5.62. The Hall–Kier alpha value is -1.02. The Kier molecular flexibility index (Phi) is 5.71. The molecule has 0 radical (unpaired) electrons. The number of aryl methyl sites for hydroxylation is 1. The van der Waals surface area contributed by atoms with Gasteiger partial charge in [0.2, 0.25) is 0 Å². The van der Waals surface area contributed by atoms with Gasteiger partial charge in [0, 0.05) is 12.1 Å². The molecule has 1 saturated carbocycles. The summed E-state index contributed by atoms with van der Waals surface area (Å²) < 4.78 is 6.31. The van der Waals surface area contributed by atoms with E-state index in [0.717, 1.165) is 18.8 Å². The standard InChI is InChI=1S/C17H27NO/c1-3-12-18-13-15-9-7-8-14(2)17(15)19-16-10-5-4-6-11-16/h7-9,16,18H,3-6,10-13H2,1-2H3. The van der Waals surface area contributed by atoms with Gasteiger partial charge < -0.3 is 10.1 Å². The highest BCUT2D eigenvalue weighted by Gasteiger charge is 2.17. The molecule has 19 heavy (non-hydrogen) atoms. The Labute approximate surface area is 117 Å². The van der Waals surface area contributed by atoms with Crippen LogP contribution >= 0.6 is 0 Å². The van der Waals surface area contributed by atoms with Crippen LogP contribution in [0.3, 0.4) is 0 Å². The van der Waals surface area contributed by atoms with Crippen molar-refractivity contribution in [3.8, 4) is 5.75 Å². The van der Waals surface area contributed by atoms with E-state index in [0.29, 0.717) is 6.10 Å². The number of hydrogen-bond donors (Lipinski definition) is 1. The summed E-state index contributed by atoms with van der Waals surface area (Å²) in [5.74, 6) is 1.12. The zero-order chi connectivity index (χ0) is 13.5. The molecule has 0 aromatic heterocycles. The topological polar surface area (TPSA) is 21.3 Å². The van der Waals surface area contributed by atoms with Crippen molar-refractivity contribution < 1.29 is 4.74 Å². The van der Waals surface area contributed by atoms with Gasteiger partial charge in [-0.3, -0.25) is 0 Å². The van der Waals surface area contributed by atoms with Gasteiger partial charge in [0.25, 0.3) is 0 Å². The zero-order valence-corrected chi connectivity index (χ0v) is 12.4. The van der Waals surface area contributed by atoms with E-state index in [9.17, 15) is 0 Å². The summed E-state index contributed by atoms with van der Waals surface area (Å²) in [6.45, 7) is 6.33. The molecular formula is C17H27NO. The predicted molar refractivity (Wildman–Crippen MR) is 80.7 cm³/mol. The highest BCUT2D eigenvalue weighted by molar-refractivity contribution is 5.40. The Morgan fingerprint density at radius 3 is 2.74 bits per heavy atom. The highest BCUT2D eigenvalue weighted by atomic mass is 16.5. The molecule has 0 bridgehead atoms. The van der Waals surface area contributed by atoms with Crippen LogP contribution in [0.2, 0.25) is 0 Å².